The van der Waals surface area contributed by atoms with E-state index in [1.807, 2.05) is 71.6 Å². The van der Waals surface area contributed by atoms with E-state index in [1.165, 1.54) is 20.3 Å². The molecule has 0 spiro atoms. The van der Waals surface area contributed by atoms with Gasteiger partial charge in [-0.3, -0.25) is 19.4 Å². The second kappa shape index (κ2) is 25.7. The molecular formula is C57H58Cl3FN6O7. The number of carbonyl (C=O) groups excluding carboxylic acids is 3. The van der Waals surface area contributed by atoms with Crippen molar-refractivity contribution in [3.8, 4) is 22.8 Å². The van der Waals surface area contributed by atoms with Gasteiger partial charge >= 0.3 is 0 Å². The zero-order valence-electron chi connectivity index (χ0n) is 41.6. The number of nitrogens with one attached hydrogen (secondary N) is 1. The summed E-state index contributed by atoms with van der Waals surface area (Å²) in [6.07, 6.45) is 3.85. The van der Waals surface area contributed by atoms with E-state index in [9.17, 15) is 14.4 Å². The number of aromatic nitrogens is 2. The highest BCUT2D eigenvalue weighted by Crippen LogP contribution is 2.38. The average molecular weight is 1060 g/mol. The fraction of sp³-hybridized carbons (Fsp3) is 0.333. The van der Waals surface area contributed by atoms with Gasteiger partial charge < -0.3 is 34.1 Å². The third-order valence-corrected chi connectivity index (χ3v) is 13.9. The molecule has 386 valence electrons. The lowest BCUT2D eigenvalue weighted by atomic mass is 9.94. The Morgan fingerprint density at radius 2 is 1.50 bits per heavy atom. The molecule has 0 aliphatic carbocycles. The molecule has 2 aliphatic heterocycles. The number of hydrogen-bond donors (Lipinski definition) is 1. The third-order valence-electron chi connectivity index (χ3n) is 13.1. The third kappa shape index (κ3) is 13.3. The van der Waals surface area contributed by atoms with Gasteiger partial charge in [-0.1, -0.05) is 72.1 Å². The average Bonchev–Trinajstić information content (AvgIpc) is 3.56. The first-order valence-corrected chi connectivity index (χ1v) is 25.8. The molecule has 2 aliphatic rings. The maximum atomic E-state index is 15.4. The van der Waals surface area contributed by atoms with Gasteiger partial charge in [-0.15, -0.1) is 0 Å². The Balaban J connectivity index is 0.743. The Morgan fingerprint density at radius 1 is 0.770 bits per heavy atom. The minimum atomic E-state index is -0.466. The van der Waals surface area contributed by atoms with Crippen LogP contribution in [0, 0.1) is 5.82 Å². The van der Waals surface area contributed by atoms with E-state index >= 15 is 4.39 Å². The Bertz CT molecular complexity index is 2980. The summed E-state index contributed by atoms with van der Waals surface area (Å²) >= 11 is 18.9. The molecule has 3 heterocycles. The summed E-state index contributed by atoms with van der Waals surface area (Å²) in [6, 6.07) is 30.9. The van der Waals surface area contributed by atoms with Crippen molar-refractivity contribution < 1.29 is 37.7 Å². The van der Waals surface area contributed by atoms with Crippen LogP contribution in [-0.2, 0) is 32.0 Å². The van der Waals surface area contributed by atoms with Crippen LogP contribution in [0.3, 0.4) is 0 Å². The molecule has 0 unspecified atom stereocenters. The fourth-order valence-electron chi connectivity index (χ4n) is 9.40. The van der Waals surface area contributed by atoms with E-state index in [4.69, 9.17) is 63.7 Å². The first-order valence-electron chi connectivity index (χ1n) is 24.7. The number of fused-ring (bicyclic) bond motifs is 3. The summed E-state index contributed by atoms with van der Waals surface area (Å²) in [6.45, 7) is 4.94. The molecule has 2 amide bonds. The second-order valence-corrected chi connectivity index (χ2v) is 19.3. The monoisotopic (exact) mass is 1060 g/mol. The Labute approximate surface area is 446 Å². The molecule has 5 aromatic carbocycles. The van der Waals surface area contributed by atoms with E-state index in [2.05, 4.69) is 22.1 Å². The van der Waals surface area contributed by atoms with E-state index in [1.54, 1.807) is 36.5 Å². The first-order chi connectivity index (χ1) is 35.9. The van der Waals surface area contributed by atoms with E-state index in [0.717, 1.165) is 34.4 Å². The Morgan fingerprint density at radius 3 is 2.24 bits per heavy atom. The van der Waals surface area contributed by atoms with Gasteiger partial charge in [0.2, 0.25) is 11.8 Å². The number of amides is 2. The molecule has 6 aromatic rings. The molecule has 2 atom stereocenters. The normalized spacial score (nSPS) is 15.1. The van der Waals surface area contributed by atoms with Crippen molar-refractivity contribution in [3.63, 3.8) is 0 Å². The summed E-state index contributed by atoms with van der Waals surface area (Å²) < 4.78 is 37.9. The molecule has 0 saturated carbocycles. The van der Waals surface area contributed by atoms with Gasteiger partial charge in [-0.2, -0.15) is 0 Å². The SMILES string of the molecule is CC[C@H]1CN(C(=O)CCC(=O)NCCOCCOCCCC(=O)c2ccc(Cc3ncc4c(n3)-c3ccc(Cl)cc3C(c3c(F)cccc3OC)=NC4)cc2OC)C[C@@H](c2ccc(Cl)cc2)N1c1ccc(Cl)cc1. The number of Topliss-reactive ketones (excluding diaryl/α,β-unsaturated/α-hetero) is 1. The molecule has 1 saturated heterocycles. The zero-order chi connectivity index (χ0) is 52.1. The van der Waals surface area contributed by atoms with Gasteiger partial charge in [0, 0.05) is 102 Å². The number of nitrogens with zero attached hydrogens (tertiary/aromatic N) is 5. The standard InChI is InChI=1S/C57H58Cl3FN6O7/c1-4-42-34-66(35-48(37-11-13-39(58)14-12-37)67(42)43-18-15-40(59)16-19-43)54(70)23-22-53(69)62-24-26-74-28-27-73-25-6-8-49(68)45-20-10-36(29-51(45)72-3)30-52-63-32-38-33-64-57(55-47(61)7-5-9-50(55)71-2)46-31-41(60)17-21-44(46)56(38)65-52/h5,7,9-21,29,31-32,42,48H,4,6,8,22-28,30,33-35H2,1-3H3,(H,62,69)/t42-,48-/m0/s1. The first kappa shape index (κ1) is 53.9. The van der Waals surface area contributed by atoms with Crippen LogP contribution in [0.5, 0.6) is 11.5 Å². The summed E-state index contributed by atoms with van der Waals surface area (Å²) in [4.78, 5) is 58.3. The maximum absolute atomic E-state index is 15.4. The van der Waals surface area contributed by atoms with Gasteiger partial charge in [-0.25, -0.2) is 14.4 Å². The number of hydrogen-bond acceptors (Lipinski definition) is 11. The van der Waals surface area contributed by atoms with Crippen molar-refractivity contribution in [1.82, 2.24) is 20.2 Å². The summed E-state index contributed by atoms with van der Waals surface area (Å²) in [5.41, 5.74) is 6.85. The van der Waals surface area contributed by atoms with Crippen molar-refractivity contribution >= 4 is 63.8 Å². The molecule has 13 nitrogen and oxygen atoms in total. The van der Waals surface area contributed by atoms with Crippen LogP contribution in [0.2, 0.25) is 15.1 Å². The lowest BCUT2D eigenvalue weighted by Crippen LogP contribution is -2.56. The van der Waals surface area contributed by atoms with Crippen molar-refractivity contribution in [3.05, 3.63) is 169 Å². The highest BCUT2D eigenvalue weighted by Gasteiger charge is 2.37. The van der Waals surface area contributed by atoms with Crippen LogP contribution in [0.4, 0.5) is 10.1 Å². The molecular weight excluding hydrogens is 1010 g/mol. The molecule has 1 N–H and O–H groups in total. The number of ether oxygens (including phenoxy) is 4. The maximum Gasteiger partial charge on any atom is 0.223 e. The lowest BCUT2D eigenvalue weighted by molar-refractivity contribution is -0.135. The number of rotatable bonds is 22. The number of benzene rings is 5. The Hall–Kier alpha value is -6.42. The molecule has 1 aromatic heterocycles. The number of aliphatic imine (C=N–C) groups is 1. The number of ketones is 1. The van der Waals surface area contributed by atoms with Crippen molar-refractivity contribution in [1.29, 1.82) is 0 Å². The summed E-state index contributed by atoms with van der Waals surface area (Å²) in [7, 11) is 3.02. The molecule has 17 heteroatoms. The molecule has 0 bridgehead atoms. The number of anilines is 1. The minimum Gasteiger partial charge on any atom is -0.496 e. The quantitative estimate of drug-likeness (QED) is 0.0515. The smallest absolute Gasteiger partial charge is 0.223 e. The molecule has 8 rings (SSSR count). The van der Waals surface area contributed by atoms with Crippen LogP contribution in [0.15, 0.2) is 114 Å². The van der Waals surface area contributed by atoms with Crippen molar-refractivity contribution in [2.24, 2.45) is 4.99 Å². The minimum absolute atomic E-state index is 0.0548. The second-order valence-electron chi connectivity index (χ2n) is 18.0. The number of halogens is 4. The number of piperazine rings is 1. The van der Waals surface area contributed by atoms with Gasteiger partial charge in [0.05, 0.1) is 69.2 Å². The van der Waals surface area contributed by atoms with Crippen LogP contribution >= 0.6 is 34.8 Å². The predicted octanol–water partition coefficient (Wildman–Crippen LogP) is 11.0. The van der Waals surface area contributed by atoms with Gasteiger partial charge in [-0.05, 0) is 96.8 Å². The van der Waals surface area contributed by atoms with Crippen LogP contribution in [0.1, 0.15) is 89.1 Å². The molecule has 0 radical (unpaired) electrons. The largest absolute Gasteiger partial charge is 0.496 e. The Kier molecular flexibility index (Phi) is 18.7. The van der Waals surface area contributed by atoms with Gasteiger partial charge in [0.25, 0.3) is 0 Å². The van der Waals surface area contributed by atoms with Crippen molar-refractivity contribution in [2.75, 3.05) is 65.2 Å². The number of carbonyl (C=O) groups is 3. The number of methoxy groups -OCH3 is 2. The topological polar surface area (TPSA) is 145 Å². The predicted molar refractivity (Wildman–Crippen MR) is 287 cm³/mol. The highest BCUT2D eigenvalue weighted by molar-refractivity contribution is 6.32. The molecule has 1 fully saturated rings. The van der Waals surface area contributed by atoms with E-state index in [0.29, 0.717) is 107 Å². The zero-order valence-corrected chi connectivity index (χ0v) is 43.8. The lowest BCUT2D eigenvalue weighted by Gasteiger charge is -2.48. The molecule has 74 heavy (non-hydrogen) atoms. The van der Waals surface area contributed by atoms with Crippen LogP contribution in [0.25, 0.3) is 11.3 Å². The summed E-state index contributed by atoms with van der Waals surface area (Å²) in [5.74, 6) is 0.516. The van der Waals surface area contributed by atoms with Gasteiger partial charge in [0.15, 0.2) is 5.78 Å². The fourth-order valence-corrected chi connectivity index (χ4v) is 9.82. The van der Waals surface area contributed by atoms with E-state index < -0.39 is 5.82 Å². The highest BCUT2D eigenvalue weighted by atomic mass is 35.5. The van der Waals surface area contributed by atoms with Crippen LogP contribution in [-0.4, -0.2) is 105 Å². The van der Waals surface area contributed by atoms with Crippen molar-refractivity contribution in [2.45, 2.75) is 64.1 Å². The summed E-state index contributed by atoms with van der Waals surface area (Å²) in [5, 5.41) is 4.61. The van der Waals surface area contributed by atoms with Crippen LogP contribution < -0.4 is 19.7 Å². The van der Waals surface area contributed by atoms with E-state index in [-0.39, 0.29) is 67.7 Å². The van der Waals surface area contributed by atoms with Gasteiger partial charge in [0.1, 0.15) is 23.1 Å².